The summed E-state index contributed by atoms with van der Waals surface area (Å²) in [5.41, 5.74) is -1.13. The number of alkyl halides is 3. The average molecular weight is 373 g/mol. The Balaban J connectivity index is 1.78. The lowest BCUT2D eigenvalue weighted by molar-refractivity contribution is -0.141. The fraction of sp³-hybridized carbons (Fsp3) is 0.375. The number of hydrogen-bond acceptors (Lipinski definition) is 6. The second kappa shape index (κ2) is 7.04. The van der Waals surface area contributed by atoms with Crippen LogP contribution in [0.2, 0.25) is 0 Å². The molecule has 0 saturated carbocycles. The Hall–Kier alpha value is -2.46. The van der Waals surface area contributed by atoms with Crippen LogP contribution in [0.25, 0.3) is 0 Å². The topological polar surface area (TPSA) is 78.7 Å². The van der Waals surface area contributed by atoms with Crippen LogP contribution in [0.4, 0.5) is 23.4 Å². The van der Waals surface area contributed by atoms with E-state index in [-0.39, 0.29) is 19.0 Å². The molecule has 140 valence electrons. The molecule has 3 atom stereocenters. The van der Waals surface area contributed by atoms with E-state index < -0.39 is 36.0 Å². The van der Waals surface area contributed by atoms with E-state index >= 15 is 0 Å². The number of β-amino-alcohol motifs (C(OH)–C–C–N with tert-alkyl or cyclic N) is 1. The minimum Gasteiger partial charge on any atom is -0.470 e. The number of halogens is 4. The van der Waals surface area contributed by atoms with Gasteiger partial charge in [0.15, 0.2) is 0 Å². The number of aromatic nitrogens is 2. The smallest absolute Gasteiger partial charge is 0.433 e. The van der Waals surface area contributed by atoms with Gasteiger partial charge < -0.3 is 19.8 Å². The van der Waals surface area contributed by atoms with Crippen molar-refractivity contribution in [1.29, 1.82) is 0 Å². The molecule has 26 heavy (non-hydrogen) atoms. The summed E-state index contributed by atoms with van der Waals surface area (Å²) in [6, 6.07) is 5.73. The van der Waals surface area contributed by atoms with Gasteiger partial charge in [0, 0.05) is 12.6 Å². The molecule has 0 bridgehead atoms. The third-order valence-electron chi connectivity index (χ3n) is 3.90. The van der Waals surface area contributed by atoms with Crippen LogP contribution in [0.15, 0.2) is 36.5 Å². The number of piperidine rings is 1. The number of rotatable bonds is 3. The summed E-state index contributed by atoms with van der Waals surface area (Å²) in [6.07, 6.45) is -7.25. The molecule has 0 aliphatic carbocycles. The normalized spacial score (nSPS) is 23.8. The van der Waals surface area contributed by atoms with Gasteiger partial charge in [-0.25, -0.2) is 14.4 Å². The van der Waals surface area contributed by atoms with Gasteiger partial charge in [-0.3, -0.25) is 0 Å². The molecule has 3 heterocycles. The van der Waals surface area contributed by atoms with E-state index in [1.54, 1.807) is 0 Å². The second-order valence-electron chi connectivity index (χ2n) is 5.81. The van der Waals surface area contributed by atoms with Gasteiger partial charge >= 0.3 is 6.18 Å². The highest BCUT2D eigenvalue weighted by Gasteiger charge is 2.38. The standard InChI is InChI=1S/C16H15F4N3O3/c17-9-4-5-13(21-6-9)23-7-10(24)15(25)11(8-23)26-14-3-1-2-12(22-14)16(18,19)20/h1-6,10-11,15,24-25H,7-8H2/t10-,11-,15-/m0/s1. The molecule has 0 radical (unpaired) electrons. The molecule has 2 N–H and O–H groups in total. The van der Waals surface area contributed by atoms with Crippen LogP contribution in [-0.2, 0) is 6.18 Å². The summed E-state index contributed by atoms with van der Waals surface area (Å²) in [4.78, 5) is 8.81. The number of hydrogen-bond donors (Lipinski definition) is 2. The molecular weight excluding hydrogens is 358 g/mol. The van der Waals surface area contributed by atoms with Crippen LogP contribution < -0.4 is 9.64 Å². The lowest BCUT2D eigenvalue weighted by atomic mass is 10.0. The maximum Gasteiger partial charge on any atom is 0.433 e. The Morgan fingerprint density at radius 3 is 2.54 bits per heavy atom. The number of aliphatic hydroxyl groups is 2. The Bertz CT molecular complexity index is 757. The summed E-state index contributed by atoms with van der Waals surface area (Å²) in [5.74, 6) is -0.528. The molecule has 1 saturated heterocycles. The van der Waals surface area contributed by atoms with Crippen LogP contribution in [-0.4, -0.2) is 51.6 Å². The van der Waals surface area contributed by atoms with E-state index in [1.165, 1.54) is 23.1 Å². The number of ether oxygens (including phenoxy) is 1. The number of aliphatic hydroxyl groups excluding tert-OH is 2. The first-order chi connectivity index (χ1) is 12.2. The highest BCUT2D eigenvalue weighted by Crippen LogP contribution is 2.29. The van der Waals surface area contributed by atoms with E-state index in [2.05, 4.69) is 9.97 Å². The maximum absolute atomic E-state index is 13.0. The Kier molecular flexibility index (Phi) is 4.97. The zero-order valence-corrected chi connectivity index (χ0v) is 13.3. The molecule has 0 spiro atoms. The molecule has 1 aliphatic rings. The highest BCUT2D eigenvalue weighted by atomic mass is 19.4. The molecular formula is C16H15F4N3O3. The largest absolute Gasteiger partial charge is 0.470 e. The molecule has 0 amide bonds. The Labute approximate surface area is 145 Å². The molecule has 2 aromatic heterocycles. The van der Waals surface area contributed by atoms with E-state index in [1.807, 2.05) is 0 Å². The fourth-order valence-corrected chi connectivity index (χ4v) is 2.62. The second-order valence-corrected chi connectivity index (χ2v) is 5.81. The van der Waals surface area contributed by atoms with E-state index in [9.17, 15) is 27.8 Å². The predicted molar refractivity (Wildman–Crippen MR) is 82.1 cm³/mol. The monoisotopic (exact) mass is 373 g/mol. The van der Waals surface area contributed by atoms with Gasteiger partial charge in [0.1, 0.15) is 35.6 Å². The van der Waals surface area contributed by atoms with E-state index in [0.29, 0.717) is 5.82 Å². The number of pyridine rings is 2. The molecule has 0 unspecified atom stereocenters. The third-order valence-corrected chi connectivity index (χ3v) is 3.90. The van der Waals surface area contributed by atoms with Crippen molar-refractivity contribution in [1.82, 2.24) is 9.97 Å². The van der Waals surface area contributed by atoms with E-state index in [0.717, 1.165) is 18.3 Å². The van der Waals surface area contributed by atoms with Crippen LogP contribution in [0.5, 0.6) is 5.88 Å². The lowest BCUT2D eigenvalue weighted by Gasteiger charge is -2.39. The Morgan fingerprint density at radius 2 is 1.88 bits per heavy atom. The van der Waals surface area contributed by atoms with Gasteiger partial charge in [0.2, 0.25) is 5.88 Å². The quantitative estimate of drug-likeness (QED) is 0.797. The summed E-state index contributed by atoms with van der Waals surface area (Å²) >= 11 is 0. The first-order valence-corrected chi connectivity index (χ1v) is 7.67. The van der Waals surface area contributed by atoms with Crippen molar-refractivity contribution >= 4 is 5.82 Å². The van der Waals surface area contributed by atoms with Gasteiger partial charge in [-0.1, -0.05) is 6.07 Å². The highest BCUT2D eigenvalue weighted by molar-refractivity contribution is 5.39. The third kappa shape index (κ3) is 4.02. The lowest BCUT2D eigenvalue weighted by Crippen LogP contribution is -2.57. The van der Waals surface area contributed by atoms with Crippen molar-refractivity contribution in [3.8, 4) is 5.88 Å². The van der Waals surface area contributed by atoms with Crippen LogP contribution in [0.1, 0.15) is 5.69 Å². The van der Waals surface area contributed by atoms with Gasteiger partial charge in [0.05, 0.1) is 12.7 Å². The summed E-state index contributed by atoms with van der Waals surface area (Å²) in [6.45, 7) is 0.0322. The summed E-state index contributed by atoms with van der Waals surface area (Å²) in [7, 11) is 0. The molecule has 6 nitrogen and oxygen atoms in total. The van der Waals surface area contributed by atoms with E-state index in [4.69, 9.17) is 4.74 Å². The molecule has 0 aromatic carbocycles. The van der Waals surface area contributed by atoms with Crippen molar-refractivity contribution in [2.75, 3.05) is 18.0 Å². The van der Waals surface area contributed by atoms with Crippen molar-refractivity contribution in [2.45, 2.75) is 24.5 Å². The summed E-state index contributed by atoms with van der Waals surface area (Å²) in [5, 5.41) is 20.1. The molecule has 1 fully saturated rings. The van der Waals surface area contributed by atoms with Crippen molar-refractivity contribution in [2.24, 2.45) is 0 Å². The zero-order valence-electron chi connectivity index (χ0n) is 13.3. The van der Waals surface area contributed by atoms with Gasteiger partial charge in [-0.2, -0.15) is 13.2 Å². The molecule has 10 heteroatoms. The van der Waals surface area contributed by atoms with Gasteiger partial charge in [-0.15, -0.1) is 0 Å². The van der Waals surface area contributed by atoms with Crippen molar-refractivity contribution in [3.63, 3.8) is 0 Å². The molecule has 1 aliphatic heterocycles. The predicted octanol–water partition coefficient (Wildman–Crippen LogP) is 1.62. The minimum atomic E-state index is -4.63. The SMILES string of the molecule is O[C@@H]1[C@@H](Oc2cccc(C(F)(F)F)n2)CN(c2ccc(F)cn2)C[C@@H]1O. The first-order valence-electron chi connectivity index (χ1n) is 7.67. The first kappa shape index (κ1) is 18.3. The van der Waals surface area contributed by atoms with Crippen LogP contribution in [0.3, 0.4) is 0 Å². The fourth-order valence-electron chi connectivity index (χ4n) is 2.62. The average Bonchev–Trinajstić information content (AvgIpc) is 2.59. The van der Waals surface area contributed by atoms with Crippen LogP contribution in [0, 0.1) is 5.82 Å². The van der Waals surface area contributed by atoms with Crippen molar-refractivity contribution in [3.05, 3.63) is 48.0 Å². The zero-order chi connectivity index (χ0) is 18.9. The van der Waals surface area contributed by atoms with Gasteiger partial charge in [-0.05, 0) is 18.2 Å². The summed E-state index contributed by atoms with van der Waals surface area (Å²) < 4.78 is 56.6. The number of nitrogens with zero attached hydrogens (tertiary/aromatic N) is 3. The molecule has 2 aromatic rings. The number of anilines is 1. The maximum atomic E-state index is 13.0. The Morgan fingerprint density at radius 1 is 1.12 bits per heavy atom. The van der Waals surface area contributed by atoms with Crippen LogP contribution >= 0.6 is 0 Å². The van der Waals surface area contributed by atoms with Gasteiger partial charge in [0.25, 0.3) is 0 Å². The minimum absolute atomic E-state index is 0.00960. The van der Waals surface area contributed by atoms with Crippen molar-refractivity contribution < 1.29 is 32.5 Å². The molecule has 3 rings (SSSR count).